The van der Waals surface area contributed by atoms with Gasteiger partial charge in [-0.2, -0.15) is 0 Å². The number of amides is 1. The Morgan fingerprint density at radius 2 is 2.00 bits per heavy atom. The van der Waals surface area contributed by atoms with E-state index in [0.29, 0.717) is 0 Å². The molecule has 88 valence electrons. The zero-order chi connectivity index (χ0) is 11.4. The number of hydrogen-bond donors (Lipinski definition) is 1. The Hall–Kier alpha value is -0.440. The van der Waals surface area contributed by atoms with Crippen molar-refractivity contribution >= 4 is 17.7 Å². The van der Waals surface area contributed by atoms with E-state index in [9.17, 15) is 4.79 Å². The van der Waals surface area contributed by atoms with E-state index in [0.717, 1.165) is 18.7 Å². The van der Waals surface area contributed by atoms with Crippen LogP contribution in [-0.4, -0.2) is 18.2 Å². The third-order valence-corrected chi connectivity index (χ3v) is 2.83. The predicted molar refractivity (Wildman–Crippen MR) is 69.0 cm³/mol. The molecule has 3 heteroatoms. The summed E-state index contributed by atoms with van der Waals surface area (Å²) in [6, 6.07) is 0. The fourth-order valence-corrected chi connectivity index (χ4v) is 1.82. The molecule has 2 nitrogen and oxygen atoms in total. The van der Waals surface area contributed by atoms with Crippen LogP contribution in [0.5, 0.6) is 0 Å². The fourth-order valence-electron chi connectivity index (χ4n) is 1.10. The number of thioether (sulfide) groups is 1. The minimum atomic E-state index is 0.0258. The highest BCUT2D eigenvalue weighted by Gasteiger charge is 1.91. The standard InChI is InChI=1S/C12H23NOS/c1-3-5-6-7-10-15-11-8-12(14)13-9-4-2/h8,11H,3-7,9-10H2,1-2H3,(H,13,14)/b11-8-. The number of unbranched alkanes of at least 4 members (excludes halogenated alkanes) is 3. The molecule has 0 aliphatic rings. The van der Waals surface area contributed by atoms with Crippen molar-refractivity contribution in [3.05, 3.63) is 11.5 Å². The maximum atomic E-state index is 11.1. The van der Waals surface area contributed by atoms with Gasteiger partial charge < -0.3 is 5.32 Å². The second-order valence-corrected chi connectivity index (χ2v) is 4.54. The highest BCUT2D eigenvalue weighted by atomic mass is 32.2. The molecule has 0 fully saturated rings. The lowest BCUT2D eigenvalue weighted by molar-refractivity contribution is -0.116. The first-order valence-corrected chi connectivity index (χ1v) is 6.92. The van der Waals surface area contributed by atoms with Crippen LogP contribution >= 0.6 is 11.8 Å². The Kier molecular flexibility index (Phi) is 11.3. The summed E-state index contributed by atoms with van der Waals surface area (Å²) in [6.07, 6.45) is 7.77. The number of nitrogens with one attached hydrogen (secondary N) is 1. The summed E-state index contributed by atoms with van der Waals surface area (Å²) in [5, 5.41) is 4.70. The van der Waals surface area contributed by atoms with Crippen LogP contribution < -0.4 is 5.32 Å². The molecule has 0 saturated heterocycles. The average Bonchev–Trinajstić information content (AvgIpc) is 2.25. The van der Waals surface area contributed by atoms with Crippen LogP contribution in [0.1, 0.15) is 46.0 Å². The third kappa shape index (κ3) is 11.5. The van der Waals surface area contributed by atoms with Crippen LogP contribution in [0, 0.1) is 0 Å². The van der Waals surface area contributed by atoms with Crippen molar-refractivity contribution in [1.29, 1.82) is 0 Å². The molecule has 0 aliphatic heterocycles. The van der Waals surface area contributed by atoms with Crippen molar-refractivity contribution in [2.45, 2.75) is 46.0 Å². The molecule has 0 rings (SSSR count). The number of rotatable bonds is 9. The van der Waals surface area contributed by atoms with Crippen LogP contribution in [-0.2, 0) is 4.79 Å². The van der Waals surface area contributed by atoms with Crippen molar-refractivity contribution in [1.82, 2.24) is 5.32 Å². The van der Waals surface area contributed by atoms with E-state index in [1.165, 1.54) is 25.7 Å². The van der Waals surface area contributed by atoms with Crippen LogP contribution in [0.25, 0.3) is 0 Å². The highest BCUT2D eigenvalue weighted by molar-refractivity contribution is 8.02. The average molecular weight is 229 g/mol. The predicted octanol–water partition coefficient (Wildman–Crippen LogP) is 3.34. The van der Waals surface area contributed by atoms with E-state index in [1.807, 2.05) is 12.3 Å². The second-order valence-electron chi connectivity index (χ2n) is 3.53. The van der Waals surface area contributed by atoms with Crippen LogP contribution in [0.2, 0.25) is 0 Å². The Bertz CT molecular complexity index is 180. The Labute approximate surface area is 97.9 Å². The summed E-state index contributed by atoms with van der Waals surface area (Å²) in [7, 11) is 0. The van der Waals surface area contributed by atoms with E-state index in [1.54, 1.807) is 17.8 Å². The summed E-state index contributed by atoms with van der Waals surface area (Å²) < 4.78 is 0. The van der Waals surface area contributed by atoms with Gasteiger partial charge in [0, 0.05) is 12.6 Å². The van der Waals surface area contributed by atoms with E-state index in [2.05, 4.69) is 12.2 Å². The smallest absolute Gasteiger partial charge is 0.244 e. The van der Waals surface area contributed by atoms with Gasteiger partial charge in [-0.15, -0.1) is 11.8 Å². The van der Waals surface area contributed by atoms with Gasteiger partial charge >= 0.3 is 0 Å². The van der Waals surface area contributed by atoms with Gasteiger partial charge in [0.25, 0.3) is 0 Å². The topological polar surface area (TPSA) is 29.1 Å². The monoisotopic (exact) mass is 229 g/mol. The van der Waals surface area contributed by atoms with Crippen LogP contribution in [0.4, 0.5) is 0 Å². The minimum absolute atomic E-state index is 0.0258. The van der Waals surface area contributed by atoms with E-state index >= 15 is 0 Å². The van der Waals surface area contributed by atoms with Crippen LogP contribution in [0.3, 0.4) is 0 Å². The molecule has 0 spiro atoms. The highest BCUT2D eigenvalue weighted by Crippen LogP contribution is 2.08. The summed E-state index contributed by atoms with van der Waals surface area (Å²) in [4.78, 5) is 11.1. The number of carbonyl (C=O) groups is 1. The summed E-state index contributed by atoms with van der Waals surface area (Å²) in [6.45, 7) is 5.03. The first kappa shape index (κ1) is 14.6. The molecule has 0 saturated carbocycles. The van der Waals surface area contributed by atoms with Gasteiger partial charge in [-0.05, 0) is 24.0 Å². The molecule has 0 heterocycles. The minimum Gasteiger partial charge on any atom is -0.353 e. The van der Waals surface area contributed by atoms with E-state index in [4.69, 9.17) is 0 Å². The molecular formula is C12H23NOS. The summed E-state index contributed by atoms with van der Waals surface area (Å²) in [5.41, 5.74) is 0. The van der Waals surface area contributed by atoms with E-state index in [-0.39, 0.29) is 5.91 Å². The van der Waals surface area contributed by atoms with Gasteiger partial charge in [-0.3, -0.25) is 4.79 Å². The quantitative estimate of drug-likeness (QED) is 0.485. The van der Waals surface area contributed by atoms with Crippen molar-refractivity contribution < 1.29 is 4.79 Å². The SMILES string of the molecule is CCCCCCS/C=C\C(=O)NCCC. The van der Waals surface area contributed by atoms with Crippen molar-refractivity contribution in [2.75, 3.05) is 12.3 Å². The molecule has 0 atom stereocenters. The molecule has 0 aromatic carbocycles. The maximum absolute atomic E-state index is 11.1. The third-order valence-electron chi connectivity index (χ3n) is 1.98. The second kappa shape index (κ2) is 11.6. The van der Waals surface area contributed by atoms with Crippen LogP contribution in [0.15, 0.2) is 11.5 Å². The lowest BCUT2D eigenvalue weighted by Gasteiger charge is -1.98. The molecular weight excluding hydrogens is 206 g/mol. The zero-order valence-electron chi connectivity index (χ0n) is 9.92. The molecule has 0 unspecified atom stereocenters. The first-order valence-electron chi connectivity index (χ1n) is 5.87. The maximum Gasteiger partial charge on any atom is 0.244 e. The molecule has 0 aromatic heterocycles. The number of hydrogen-bond acceptors (Lipinski definition) is 2. The largest absolute Gasteiger partial charge is 0.353 e. The van der Waals surface area contributed by atoms with Crippen molar-refractivity contribution in [3.63, 3.8) is 0 Å². The van der Waals surface area contributed by atoms with Crippen molar-refractivity contribution in [2.24, 2.45) is 0 Å². The molecule has 1 amide bonds. The Balaban J connectivity index is 3.26. The molecule has 0 aromatic rings. The Morgan fingerprint density at radius 3 is 2.67 bits per heavy atom. The fraction of sp³-hybridized carbons (Fsp3) is 0.750. The lowest BCUT2D eigenvalue weighted by atomic mass is 10.2. The van der Waals surface area contributed by atoms with Gasteiger partial charge in [0.05, 0.1) is 0 Å². The Morgan fingerprint density at radius 1 is 1.20 bits per heavy atom. The van der Waals surface area contributed by atoms with Crippen molar-refractivity contribution in [3.8, 4) is 0 Å². The summed E-state index contributed by atoms with van der Waals surface area (Å²) in [5.74, 6) is 1.15. The van der Waals surface area contributed by atoms with Gasteiger partial charge in [-0.1, -0.05) is 33.1 Å². The first-order chi connectivity index (χ1) is 7.31. The molecule has 0 radical (unpaired) electrons. The van der Waals surface area contributed by atoms with Gasteiger partial charge in [0.15, 0.2) is 0 Å². The molecule has 0 aliphatic carbocycles. The normalized spacial score (nSPS) is 10.8. The molecule has 15 heavy (non-hydrogen) atoms. The molecule has 0 bridgehead atoms. The zero-order valence-corrected chi connectivity index (χ0v) is 10.7. The van der Waals surface area contributed by atoms with Gasteiger partial charge in [0.1, 0.15) is 0 Å². The molecule has 1 N–H and O–H groups in total. The van der Waals surface area contributed by atoms with Gasteiger partial charge in [0.2, 0.25) is 5.91 Å². The lowest BCUT2D eigenvalue weighted by Crippen LogP contribution is -2.21. The summed E-state index contributed by atoms with van der Waals surface area (Å²) >= 11 is 1.72. The van der Waals surface area contributed by atoms with E-state index < -0.39 is 0 Å². The number of carbonyl (C=O) groups excluding carboxylic acids is 1. The van der Waals surface area contributed by atoms with Gasteiger partial charge in [-0.25, -0.2) is 0 Å².